The largest absolute Gasteiger partial charge is 0.311 e. The SMILES string of the molecule is CC(=Cc1cc(Br)cs1)CNC(C)C. The number of hydrogen-bond acceptors (Lipinski definition) is 2. The van der Waals surface area contributed by atoms with Gasteiger partial charge in [0.1, 0.15) is 0 Å². The molecule has 0 atom stereocenters. The van der Waals surface area contributed by atoms with Gasteiger partial charge in [0.15, 0.2) is 0 Å². The molecule has 0 amide bonds. The fourth-order valence-corrected chi connectivity index (χ4v) is 2.52. The van der Waals surface area contributed by atoms with Gasteiger partial charge in [-0.3, -0.25) is 0 Å². The quantitative estimate of drug-likeness (QED) is 0.877. The average Bonchev–Trinajstić information content (AvgIpc) is 2.48. The molecule has 1 nitrogen and oxygen atoms in total. The molecular weight excluding hydrogens is 258 g/mol. The molecule has 0 saturated carbocycles. The molecule has 0 aliphatic carbocycles. The lowest BCUT2D eigenvalue weighted by Gasteiger charge is -2.07. The van der Waals surface area contributed by atoms with E-state index in [4.69, 9.17) is 0 Å². The van der Waals surface area contributed by atoms with E-state index in [0.29, 0.717) is 6.04 Å². The van der Waals surface area contributed by atoms with Crippen molar-refractivity contribution in [2.75, 3.05) is 6.54 Å². The van der Waals surface area contributed by atoms with Gasteiger partial charge in [-0.2, -0.15) is 0 Å². The Morgan fingerprint density at radius 2 is 2.36 bits per heavy atom. The summed E-state index contributed by atoms with van der Waals surface area (Å²) in [6.07, 6.45) is 2.23. The molecule has 0 aliphatic heterocycles. The topological polar surface area (TPSA) is 12.0 Å². The Kier molecular flexibility index (Phi) is 4.85. The zero-order chi connectivity index (χ0) is 10.6. The van der Waals surface area contributed by atoms with Crippen molar-refractivity contribution in [2.45, 2.75) is 26.8 Å². The minimum atomic E-state index is 0.549. The number of nitrogens with one attached hydrogen (secondary N) is 1. The molecule has 78 valence electrons. The van der Waals surface area contributed by atoms with Crippen molar-refractivity contribution in [1.82, 2.24) is 5.32 Å². The molecule has 1 aromatic heterocycles. The molecule has 0 fully saturated rings. The van der Waals surface area contributed by atoms with Crippen molar-refractivity contribution in [3.63, 3.8) is 0 Å². The van der Waals surface area contributed by atoms with Crippen LogP contribution in [0.4, 0.5) is 0 Å². The zero-order valence-electron chi connectivity index (χ0n) is 8.80. The van der Waals surface area contributed by atoms with Gasteiger partial charge in [0.25, 0.3) is 0 Å². The van der Waals surface area contributed by atoms with E-state index in [9.17, 15) is 0 Å². The van der Waals surface area contributed by atoms with Crippen molar-refractivity contribution in [2.24, 2.45) is 0 Å². The molecule has 0 unspecified atom stereocenters. The van der Waals surface area contributed by atoms with E-state index in [-0.39, 0.29) is 0 Å². The highest BCUT2D eigenvalue weighted by atomic mass is 79.9. The summed E-state index contributed by atoms with van der Waals surface area (Å²) in [5.41, 5.74) is 1.37. The van der Waals surface area contributed by atoms with E-state index in [1.807, 2.05) is 0 Å². The van der Waals surface area contributed by atoms with Crippen molar-refractivity contribution in [3.05, 3.63) is 26.4 Å². The Bertz CT molecular complexity index is 315. The first kappa shape index (κ1) is 12.0. The third kappa shape index (κ3) is 4.40. The van der Waals surface area contributed by atoms with Crippen molar-refractivity contribution in [1.29, 1.82) is 0 Å². The van der Waals surface area contributed by atoms with E-state index in [0.717, 1.165) is 6.54 Å². The Morgan fingerprint density at radius 3 is 2.86 bits per heavy atom. The maximum absolute atomic E-state index is 3.45. The molecule has 0 bridgehead atoms. The second kappa shape index (κ2) is 5.69. The summed E-state index contributed by atoms with van der Waals surface area (Å²) in [5, 5.41) is 5.50. The van der Waals surface area contributed by atoms with Gasteiger partial charge >= 0.3 is 0 Å². The summed E-state index contributed by atoms with van der Waals surface area (Å²) >= 11 is 5.21. The molecule has 0 aromatic carbocycles. The number of hydrogen-bond donors (Lipinski definition) is 1. The highest BCUT2D eigenvalue weighted by Crippen LogP contribution is 2.21. The molecule has 1 heterocycles. The predicted molar refractivity (Wildman–Crippen MR) is 68.8 cm³/mol. The van der Waals surface area contributed by atoms with Gasteiger partial charge < -0.3 is 5.32 Å². The highest BCUT2D eigenvalue weighted by molar-refractivity contribution is 9.10. The van der Waals surface area contributed by atoms with Crippen LogP contribution in [-0.2, 0) is 0 Å². The Morgan fingerprint density at radius 1 is 1.64 bits per heavy atom. The monoisotopic (exact) mass is 273 g/mol. The van der Waals surface area contributed by atoms with Gasteiger partial charge in [-0.05, 0) is 35.0 Å². The summed E-state index contributed by atoms with van der Waals surface area (Å²) < 4.78 is 1.17. The predicted octanol–water partition coefficient (Wildman–Crippen LogP) is 3.91. The van der Waals surface area contributed by atoms with Crippen LogP contribution in [0.25, 0.3) is 6.08 Å². The van der Waals surface area contributed by atoms with Crippen molar-refractivity contribution >= 4 is 33.3 Å². The van der Waals surface area contributed by atoms with E-state index in [1.54, 1.807) is 11.3 Å². The summed E-state index contributed by atoms with van der Waals surface area (Å²) in [5.74, 6) is 0. The molecule has 3 heteroatoms. The van der Waals surface area contributed by atoms with Crippen molar-refractivity contribution in [3.8, 4) is 0 Å². The Labute approximate surface area is 98.4 Å². The second-order valence-electron chi connectivity index (χ2n) is 3.69. The third-order valence-electron chi connectivity index (χ3n) is 1.77. The first-order chi connectivity index (χ1) is 6.58. The Balaban J connectivity index is 2.51. The van der Waals surface area contributed by atoms with Crippen LogP contribution in [0.1, 0.15) is 25.6 Å². The van der Waals surface area contributed by atoms with E-state index in [1.165, 1.54) is 14.9 Å². The van der Waals surface area contributed by atoms with Gasteiger partial charge in [0.2, 0.25) is 0 Å². The fraction of sp³-hybridized carbons (Fsp3) is 0.455. The summed E-state index contributed by atoms with van der Waals surface area (Å²) in [6, 6.07) is 2.69. The third-order valence-corrected chi connectivity index (χ3v) is 3.41. The van der Waals surface area contributed by atoms with Crippen LogP contribution in [0.5, 0.6) is 0 Å². The molecular formula is C11H16BrNS. The second-order valence-corrected chi connectivity index (χ2v) is 5.55. The molecule has 1 rings (SSSR count). The number of thiophene rings is 1. The van der Waals surface area contributed by atoms with Gasteiger partial charge in [0.05, 0.1) is 0 Å². The van der Waals surface area contributed by atoms with Gasteiger partial charge in [-0.15, -0.1) is 11.3 Å². The standard InChI is InChI=1S/C11H16BrNS/c1-8(2)13-6-9(3)4-11-5-10(12)7-14-11/h4-5,7-8,13H,6H2,1-3H3. The molecule has 0 aliphatic rings. The average molecular weight is 274 g/mol. The molecule has 0 radical (unpaired) electrons. The molecule has 0 spiro atoms. The normalized spacial score (nSPS) is 12.5. The smallest absolute Gasteiger partial charge is 0.0288 e. The Hall–Kier alpha value is -0.120. The summed E-state index contributed by atoms with van der Waals surface area (Å²) in [7, 11) is 0. The molecule has 0 saturated heterocycles. The lowest BCUT2D eigenvalue weighted by Crippen LogP contribution is -2.24. The maximum atomic E-state index is 3.45. The summed E-state index contributed by atoms with van der Waals surface area (Å²) in [6.45, 7) is 7.44. The van der Waals surface area contributed by atoms with Crippen LogP contribution in [0.3, 0.4) is 0 Å². The maximum Gasteiger partial charge on any atom is 0.0288 e. The van der Waals surface area contributed by atoms with Gasteiger partial charge in [-0.25, -0.2) is 0 Å². The van der Waals surface area contributed by atoms with Crippen LogP contribution in [-0.4, -0.2) is 12.6 Å². The summed E-state index contributed by atoms with van der Waals surface area (Å²) in [4.78, 5) is 1.31. The highest BCUT2D eigenvalue weighted by Gasteiger charge is 1.96. The van der Waals surface area contributed by atoms with E-state index in [2.05, 4.69) is 59.5 Å². The minimum absolute atomic E-state index is 0.549. The van der Waals surface area contributed by atoms with Crippen LogP contribution in [0, 0.1) is 0 Å². The van der Waals surface area contributed by atoms with Crippen molar-refractivity contribution < 1.29 is 0 Å². The van der Waals surface area contributed by atoms with Gasteiger partial charge in [-0.1, -0.05) is 19.4 Å². The molecule has 1 aromatic rings. The zero-order valence-corrected chi connectivity index (χ0v) is 11.2. The van der Waals surface area contributed by atoms with Gasteiger partial charge in [0, 0.05) is 27.3 Å². The fourth-order valence-electron chi connectivity index (χ4n) is 1.06. The van der Waals surface area contributed by atoms with Crippen LogP contribution in [0.2, 0.25) is 0 Å². The molecule has 14 heavy (non-hydrogen) atoms. The minimum Gasteiger partial charge on any atom is -0.311 e. The van der Waals surface area contributed by atoms with E-state index < -0.39 is 0 Å². The molecule has 1 N–H and O–H groups in total. The first-order valence-corrected chi connectivity index (χ1v) is 6.40. The number of rotatable bonds is 4. The van der Waals surface area contributed by atoms with Crippen LogP contribution in [0.15, 0.2) is 21.5 Å². The lowest BCUT2D eigenvalue weighted by molar-refractivity contribution is 0.623. The number of halogens is 1. The lowest BCUT2D eigenvalue weighted by atomic mass is 10.2. The van der Waals surface area contributed by atoms with Crippen LogP contribution >= 0.6 is 27.3 Å². The van der Waals surface area contributed by atoms with E-state index >= 15 is 0 Å². The van der Waals surface area contributed by atoms with Crippen LogP contribution < -0.4 is 5.32 Å². The first-order valence-electron chi connectivity index (χ1n) is 4.72.